The van der Waals surface area contributed by atoms with Crippen LogP contribution in [0.4, 0.5) is 24.5 Å². The van der Waals surface area contributed by atoms with Crippen LogP contribution in [0.25, 0.3) is 5.69 Å². The number of anilines is 2. The molecule has 3 aromatic rings. The minimum Gasteiger partial charge on any atom is -0.496 e. The smallest absolute Gasteiger partial charge is 0.405 e. The van der Waals surface area contributed by atoms with Gasteiger partial charge in [-0.15, -0.1) is 0 Å². The van der Waals surface area contributed by atoms with E-state index in [-0.39, 0.29) is 17.1 Å². The Labute approximate surface area is 220 Å². The van der Waals surface area contributed by atoms with Crippen molar-refractivity contribution >= 4 is 17.3 Å². The van der Waals surface area contributed by atoms with E-state index < -0.39 is 18.6 Å². The highest BCUT2D eigenvalue weighted by atomic mass is 19.4. The second kappa shape index (κ2) is 11.6. The van der Waals surface area contributed by atoms with E-state index in [1.165, 1.54) is 14.2 Å². The van der Waals surface area contributed by atoms with Gasteiger partial charge < -0.3 is 19.7 Å². The number of rotatable bonds is 9. The number of halogens is 3. The first kappa shape index (κ1) is 28.6. The Morgan fingerprint density at radius 1 is 1.08 bits per heavy atom. The molecule has 1 heterocycles. The Kier molecular flexibility index (Phi) is 8.75. The fraction of sp³-hybridized carbons (Fsp3) is 0.357. The zero-order chi connectivity index (χ0) is 28.2. The third-order valence-electron chi connectivity index (χ3n) is 6.05. The number of alkyl halides is 3. The Morgan fingerprint density at radius 2 is 1.71 bits per heavy atom. The zero-order valence-electron chi connectivity index (χ0n) is 22.7. The molecule has 0 fully saturated rings. The molecule has 0 unspecified atom stereocenters. The topological polar surface area (TPSA) is 68.6 Å². The lowest BCUT2D eigenvalue weighted by Gasteiger charge is -2.26. The fourth-order valence-electron chi connectivity index (χ4n) is 4.06. The van der Waals surface area contributed by atoms with Gasteiger partial charge in [0.2, 0.25) is 0 Å². The van der Waals surface area contributed by atoms with Gasteiger partial charge in [-0.3, -0.25) is 4.79 Å². The Bertz CT molecular complexity index is 1320. The predicted molar refractivity (Wildman–Crippen MR) is 142 cm³/mol. The SMILES string of the molecule is CC/C(C)=C\N(c1cc(OC)c(C(=O)NCC(F)(F)F)c(OC)c1)c1ccc(-n2nc(C)cc2C)cc1C. The highest BCUT2D eigenvalue weighted by Gasteiger charge is 2.30. The van der Waals surface area contributed by atoms with Crippen LogP contribution >= 0.6 is 0 Å². The van der Waals surface area contributed by atoms with Crippen molar-refractivity contribution in [1.29, 1.82) is 0 Å². The quantitative estimate of drug-likeness (QED) is 0.339. The molecule has 0 aliphatic carbocycles. The second-order valence-electron chi connectivity index (χ2n) is 9.03. The number of methoxy groups -OCH3 is 2. The van der Waals surface area contributed by atoms with Crippen molar-refractivity contribution in [3.63, 3.8) is 0 Å². The van der Waals surface area contributed by atoms with Crippen LogP contribution in [0.1, 0.15) is 47.6 Å². The molecule has 0 aliphatic heterocycles. The minimum atomic E-state index is -4.55. The normalized spacial score (nSPS) is 11.9. The van der Waals surface area contributed by atoms with E-state index in [0.717, 1.165) is 40.3 Å². The van der Waals surface area contributed by atoms with Crippen LogP contribution in [0.5, 0.6) is 11.5 Å². The first-order valence-electron chi connectivity index (χ1n) is 12.1. The molecule has 1 aromatic heterocycles. The van der Waals surface area contributed by atoms with Crippen LogP contribution < -0.4 is 19.7 Å². The first-order chi connectivity index (χ1) is 17.9. The van der Waals surface area contributed by atoms with Crippen LogP contribution in [-0.4, -0.2) is 42.6 Å². The number of hydrogen-bond acceptors (Lipinski definition) is 5. The summed E-state index contributed by atoms with van der Waals surface area (Å²) in [7, 11) is 2.70. The van der Waals surface area contributed by atoms with Crippen molar-refractivity contribution in [1.82, 2.24) is 15.1 Å². The van der Waals surface area contributed by atoms with Gasteiger partial charge >= 0.3 is 6.18 Å². The molecule has 204 valence electrons. The summed E-state index contributed by atoms with van der Waals surface area (Å²) in [6.07, 6.45) is -1.78. The molecule has 0 aliphatic rings. The van der Waals surface area contributed by atoms with Crippen molar-refractivity contribution in [3.8, 4) is 17.2 Å². The molecule has 0 saturated carbocycles. The first-order valence-corrected chi connectivity index (χ1v) is 12.1. The molecule has 10 heteroatoms. The Hall–Kier alpha value is -3.95. The maximum atomic E-state index is 12.7. The van der Waals surface area contributed by atoms with E-state index in [1.807, 2.05) is 80.0 Å². The summed E-state index contributed by atoms with van der Waals surface area (Å²) in [4.78, 5) is 14.6. The third-order valence-corrected chi connectivity index (χ3v) is 6.05. The number of nitrogens with one attached hydrogen (secondary N) is 1. The number of aryl methyl sites for hydroxylation is 3. The molecule has 2 aromatic carbocycles. The lowest BCUT2D eigenvalue weighted by molar-refractivity contribution is -0.123. The highest BCUT2D eigenvalue weighted by molar-refractivity contribution is 6.00. The van der Waals surface area contributed by atoms with Crippen molar-refractivity contribution < 1.29 is 27.4 Å². The van der Waals surface area contributed by atoms with Gasteiger partial charge in [-0.2, -0.15) is 18.3 Å². The lowest BCUT2D eigenvalue weighted by Crippen LogP contribution is -2.34. The second-order valence-corrected chi connectivity index (χ2v) is 9.03. The highest BCUT2D eigenvalue weighted by Crippen LogP contribution is 2.39. The monoisotopic (exact) mass is 530 g/mol. The Morgan fingerprint density at radius 3 is 2.18 bits per heavy atom. The molecule has 1 N–H and O–H groups in total. The van der Waals surface area contributed by atoms with E-state index in [2.05, 4.69) is 5.10 Å². The molecule has 38 heavy (non-hydrogen) atoms. The molecule has 0 spiro atoms. The third kappa shape index (κ3) is 6.48. The lowest BCUT2D eigenvalue weighted by atomic mass is 10.1. The van der Waals surface area contributed by atoms with E-state index in [1.54, 1.807) is 12.1 Å². The van der Waals surface area contributed by atoms with Crippen molar-refractivity contribution in [2.75, 3.05) is 25.7 Å². The number of allylic oxidation sites excluding steroid dienone is 1. The van der Waals surface area contributed by atoms with Crippen molar-refractivity contribution in [2.45, 2.75) is 47.2 Å². The van der Waals surface area contributed by atoms with E-state index in [9.17, 15) is 18.0 Å². The van der Waals surface area contributed by atoms with Gasteiger partial charge in [-0.25, -0.2) is 4.68 Å². The van der Waals surface area contributed by atoms with Crippen molar-refractivity contribution in [2.24, 2.45) is 0 Å². The molecule has 7 nitrogen and oxygen atoms in total. The van der Waals surface area contributed by atoms with Gasteiger partial charge in [0.15, 0.2) is 0 Å². The van der Waals surface area contributed by atoms with Gasteiger partial charge in [0.25, 0.3) is 5.91 Å². The standard InChI is InChI=1S/C28H33F3N4O3/c1-8-17(2)15-34(23-10-9-21(11-18(23)3)35-20(5)12-19(4)33-35)22-13-24(37-6)26(25(14-22)38-7)27(36)32-16-28(29,30)31/h9-15H,8,16H2,1-7H3,(H,32,36)/b17-15-. The number of aromatic nitrogens is 2. The summed E-state index contributed by atoms with van der Waals surface area (Å²) in [5, 5.41) is 6.46. The molecular formula is C28H33F3N4O3. The molecule has 0 radical (unpaired) electrons. The van der Waals surface area contributed by atoms with Crippen LogP contribution in [0.15, 0.2) is 48.2 Å². The maximum absolute atomic E-state index is 12.7. The van der Waals surface area contributed by atoms with Crippen LogP contribution in [-0.2, 0) is 0 Å². The maximum Gasteiger partial charge on any atom is 0.405 e. The summed E-state index contributed by atoms with van der Waals surface area (Å²) in [6.45, 7) is 8.50. The molecule has 3 rings (SSSR count). The fourth-order valence-corrected chi connectivity index (χ4v) is 4.06. The summed E-state index contributed by atoms with van der Waals surface area (Å²) in [5.74, 6) is -0.771. The van der Waals surface area contributed by atoms with Gasteiger partial charge in [-0.05, 0) is 63.9 Å². The summed E-state index contributed by atoms with van der Waals surface area (Å²) < 4.78 is 50.9. The van der Waals surface area contributed by atoms with Crippen LogP contribution in [0.2, 0.25) is 0 Å². The number of carbonyl (C=O) groups is 1. The number of ether oxygens (including phenoxy) is 2. The molecule has 0 saturated heterocycles. The summed E-state index contributed by atoms with van der Waals surface area (Å²) >= 11 is 0. The molecule has 0 bridgehead atoms. The summed E-state index contributed by atoms with van der Waals surface area (Å²) in [5.41, 5.74) is 6.25. The number of nitrogens with zero attached hydrogens (tertiary/aromatic N) is 3. The van der Waals surface area contributed by atoms with Gasteiger partial charge in [-0.1, -0.05) is 12.5 Å². The van der Waals surface area contributed by atoms with E-state index in [4.69, 9.17) is 9.47 Å². The van der Waals surface area contributed by atoms with Crippen molar-refractivity contribution in [3.05, 3.63) is 70.7 Å². The Balaban J connectivity index is 2.13. The average Bonchev–Trinajstić information content (AvgIpc) is 3.22. The van der Waals surface area contributed by atoms with Gasteiger partial charge in [0, 0.05) is 29.7 Å². The average molecular weight is 531 g/mol. The van der Waals surface area contributed by atoms with Gasteiger partial charge in [0.1, 0.15) is 23.6 Å². The van der Waals surface area contributed by atoms with Gasteiger partial charge in [0.05, 0.1) is 31.3 Å². The molecule has 0 atom stereocenters. The number of hydrogen-bond donors (Lipinski definition) is 1. The van der Waals surface area contributed by atoms with E-state index >= 15 is 0 Å². The summed E-state index contributed by atoms with van der Waals surface area (Å²) in [6, 6.07) is 11.2. The van der Waals surface area contributed by atoms with E-state index in [0.29, 0.717) is 5.69 Å². The van der Waals surface area contributed by atoms with Crippen LogP contribution in [0.3, 0.4) is 0 Å². The number of amides is 1. The molecule has 1 amide bonds. The zero-order valence-corrected chi connectivity index (χ0v) is 22.7. The molecular weight excluding hydrogens is 497 g/mol. The number of benzene rings is 2. The van der Waals surface area contributed by atoms with Crippen LogP contribution in [0, 0.1) is 20.8 Å². The minimum absolute atomic E-state index is 0.0866. The largest absolute Gasteiger partial charge is 0.496 e. The number of carbonyl (C=O) groups excluding carboxylic acids is 1. The predicted octanol–water partition coefficient (Wildman–Crippen LogP) is 6.56.